The molecule has 0 bridgehead atoms. The Balaban J connectivity index is 2.54. The molecule has 0 heterocycles. The van der Waals surface area contributed by atoms with Gasteiger partial charge < -0.3 is 0 Å². The van der Waals surface area contributed by atoms with Crippen LogP contribution in [0.5, 0.6) is 0 Å². The van der Waals surface area contributed by atoms with Crippen LogP contribution in [0.15, 0.2) is 0 Å². The van der Waals surface area contributed by atoms with Gasteiger partial charge in [-0.15, -0.1) is 0 Å². The summed E-state index contributed by atoms with van der Waals surface area (Å²) < 4.78 is 0. The maximum atomic E-state index is 2.32. The first-order valence-corrected chi connectivity index (χ1v) is 4.77. The first-order valence-electron chi connectivity index (χ1n) is 2.06. The lowest BCUT2D eigenvalue weighted by atomic mass is 11.0. The number of hydrogen-bond acceptors (Lipinski definition) is 0. The fourth-order valence-corrected chi connectivity index (χ4v) is 0. The molecule has 31 valence electrons. The lowest BCUT2D eigenvalue weighted by Crippen LogP contribution is -1.92. The third-order valence-electron chi connectivity index (χ3n) is 0.707. The fraction of sp³-hybridized carbons (Fsp3) is 1.00. The van der Waals surface area contributed by atoms with Gasteiger partial charge >= 0.3 is 0 Å². The van der Waals surface area contributed by atoms with Crippen molar-refractivity contribution in [3.05, 3.63) is 0 Å². The molecule has 0 aromatic carbocycles. The normalized spacial score (nSPS) is 9.60. The summed E-state index contributed by atoms with van der Waals surface area (Å²) in [5.74, 6) is 0. The summed E-state index contributed by atoms with van der Waals surface area (Å²) in [7, 11) is 0.126. The van der Waals surface area contributed by atoms with E-state index in [2.05, 4.69) is 20.0 Å². The summed E-state index contributed by atoms with van der Waals surface area (Å²) in [6.45, 7) is 6.89. The summed E-state index contributed by atoms with van der Waals surface area (Å²) in [5.41, 5.74) is 0. The van der Waals surface area contributed by atoms with Gasteiger partial charge in [-0.25, -0.2) is 0 Å². The van der Waals surface area contributed by atoms with E-state index in [-0.39, 0.29) is 8.80 Å². The molecule has 0 spiro atoms. The summed E-state index contributed by atoms with van der Waals surface area (Å²) in [5, 5.41) is 0. The second-order valence-electron chi connectivity index (χ2n) is 1.56. The second-order valence-corrected chi connectivity index (χ2v) is 4.68. The van der Waals surface area contributed by atoms with Crippen molar-refractivity contribution >= 4 is 8.80 Å². The van der Waals surface area contributed by atoms with E-state index in [1.165, 1.54) is 6.04 Å². The van der Waals surface area contributed by atoms with Crippen LogP contribution in [0.2, 0.25) is 19.1 Å². The molecule has 0 fully saturated rings. The maximum absolute atomic E-state index is 2.32. The molecule has 5 heavy (non-hydrogen) atoms. The van der Waals surface area contributed by atoms with Crippen LogP contribution >= 0.6 is 0 Å². The van der Waals surface area contributed by atoms with Crippen molar-refractivity contribution in [2.24, 2.45) is 0 Å². The third kappa shape index (κ3) is 4.22. The summed E-state index contributed by atoms with van der Waals surface area (Å²) in [4.78, 5) is 0. The van der Waals surface area contributed by atoms with Crippen LogP contribution in [0.4, 0.5) is 0 Å². The monoisotopic (exact) mass is 87.1 g/mol. The van der Waals surface area contributed by atoms with Gasteiger partial charge in [0, 0.05) is 8.80 Å². The van der Waals surface area contributed by atoms with Crippen LogP contribution in [0.3, 0.4) is 0 Å². The van der Waals surface area contributed by atoms with Crippen molar-refractivity contribution in [1.82, 2.24) is 0 Å². The highest BCUT2D eigenvalue weighted by Gasteiger charge is 1.83. The van der Waals surface area contributed by atoms with Gasteiger partial charge in [0.2, 0.25) is 0 Å². The molecule has 0 nitrogen and oxygen atoms in total. The maximum Gasteiger partial charge on any atom is 0.0410 e. The minimum absolute atomic E-state index is 0.126. The van der Waals surface area contributed by atoms with E-state index >= 15 is 0 Å². The molecule has 1 radical (unpaired) electrons. The van der Waals surface area contributed by atoms with Crippen molar-refractivity contribution in [2.75, 3.05) is 0 Å². The van der Waals surface area contributed by atoms with E-state index < -0.39 is 0 Å². The van der Waals surface area contributed by atoms with E-state index in [1.54, 1.807) is 0 Å². The van der Waals surface area contributed by atoms with Crippen molar-refractivity contribution in [3.8, 4) is 0 Å². The summed E-state index contributed by atoms with van der Waals surface area (Å²) in [6.07, 6.45) is 0. The molecule has 0 N–H and O–H groups in total. The molecule has 0 atom stereocenters. The highest BCUT2D eigenvalue weighted by molar-refractivity contribution is 6.55. The Morgan fingerprint density at radius 2 is 1.60 bits per heavy atom. The topological polar surface area (TPSA) is 0 Å². The van der Waals surface area contributed by atoms with Gasteiger partial charge in [-0.1, -0.05) is 26.1 Å². The van der Waals surface area contributed by atoms with Gasteiger partial charge in [-0.2, -0.15) is 0 Å². The predicted molar refractivity (Wildman–Crippen MR) is 28.0 cm³/mol. The predicted octanol–water partition coefficient (Wildman–Crippen LogP) is 1.76. The lowest BCUT2D eigenvalue weighted by Gasteiger charge is -1.87. The van der Waals surface area contributed by atoms with Gasteiger partial charge in [0.25, 0.3) is 0 Å². The Bertz CT molecular complexity index is 17.6. The molecule has 0 saturated heterocycles. The SMILES string of the molecule is CC[Si](C)C. The van der Waals surface area contributed by atoms with Gasteiger partial charge in [0.1, 0.15) is 0 Å². The number of hydrogen-bond donors (Lipinski definition) is 0. The standard InChI is InChI=1S/C4H11Si/c1-4-5(2)3/h4H2,1-3H3. The second kappa shape index (κ2) is 2.45. The zero-order chi connectivity index (χ0) is 4.28. The molecule has 0 amide bonds. The zero-order valence-electron chi connectivity index (χ0n) is 4.21. The Morgan fingerprint density at radius 3 is 1.60 bits per heavy atom. The van der Waals surface area contributed by atoms with E-state index in [0.29, 0.717) is 0 Å². The number of rotatable bonds is 1. The fourth-order valence-electron chi connectivity index (χ4n) is 0. The van der Waals surface area contributed by atoms with E-state index in [4.69, 9.17) is 0 Å². The van der Waals surface area contributed by atoms with Crippen LogP contribution in [0, 0.1) is 0 Å². The molecule has 0 rings (SSSR count). The first kappa shape index (κ1) is 5.22. The van der Waals surface area contributed by atoms with Crippen molar-refractivity contribution in [1.29, 1.82) is 0 Å². The highest BCUT2D eigenvalue weighted by Crippen LogP contribution is 1.83. The van der Waals surface area contributed by atoms with Crippen LogP contribution in [-0.4, -0.2) is 8.80 Å². The lowest BCUT2D eigenvalue weighted by molar-refractivity contribution is 1.41. The average Bonchev–Trinajstić information content (AvgIpc) is 1.38. The van der Waals surface area contributed by atoms with Gasteiger partial charge in [-0.3, -0.25) is 0 Å². The molecule has 1 heteroatoms. The molecule has 0 unspecified atom stereocenters. The molecule has 0 aliphatic heterocycles. The Morgan fingerprint density at radius 1 is 1.40 bits per heavy atom. The van der Waals surface area contributed by atoms with Crippen molar-refractivity contribution < 1.29 is 0 Å². The first-order chi connectivity index (χ1) is 2.27. The molecular formula is C4H11Si. The molecule has 0 aromatic heterocycles. The van der Waals surface area contributed by atoms with Crippen molar-refractivity contribution in [3.63, 3.8) is 0 Å². The zero-order valence-corrected chi connectivity index (χ0v) is 5.21. The minimum Gasteiger partial charge on any atom is -0.0713 e. The summed E-state index contributed by atoms with van der Waals surface area (Å²) >= 11 is 0. The largest absolute Gasteiger partial charge is 0.0713 e. The average molecular weight is 87.2 g/mol. The Labute approximate surface area is 35.8 Å². The molecule has 0 aliphatic rings. The summed E-state index contributed by atoms with van der Waals surface area (Å²) in [6, 6.07) is 1.41. The van der Waals surface area contributed by atoms with E-state index in [0.717, 1.165) is 0 Å². The van der Waals surface area contributed by atoms with Crippen molar-refractivity contribution in [2.45, 2.75) is 26.1 Å². The third-order valence-corrected chi connectivity index (χ3v) is 2.12. The highest BCUT2D eigenvalue weighted by atomic mass is 28.3. The molecular weight excluding hydrogens is 76.1 g/mol. The Hall–Kier alpha value is 0.217. The van der Waals surface area contributed by atoms with Crippen LogP contribution in [0.1, 0.15) is 6.92 Å². The quantitative estimate of drug-likeness (QED) is 0.427. The smallest absolute Gasteiger partial charge is 0.0410 e. The van der Waals surface area contributed by atoms with E-state index in [9.17, 15) is 0 Å². The van der Waals surface area contributed by atoms with E-state index in [1.807, 2.05) is 0 Å². The van der Waals surface area contributed by atoms with Crippen LogP contribution in [0.25, 0.3) is 0 Å². The van der Waals surface area contributed by atoms with Gasteiger partial charge in [-0.05, 0) is 0 Å². The molecule has 0 aromatic rings. The molecule has 0 saturated carbocycles. The Kier molecular flexibility index (Phi) is 2.56. The van der Waals surface area contributed by atoms with Gasteiger partial charge in [0.05, 0.1) is 0 Å². The van der Waals surface area contributed by atoms with Crippen LogP contribution < -0.4 is 0 Å². The minimum atomic E-state index is 0.126. The van der Waals surface area contributed by atoms with Crippen LogP contribution in [-0.2, 0) is 0 Å². The molecule has 0 aliphatic carbocycles. The van der Waals surface area contributed by atoms with Gasteiger partial charge in [0.15, 0.2) is 0 Å².